The molecule has 284 valence electrons. The lowest BCUT2D eigenvalue weighted by Crippen LogP contribution is -2.48. The predicted octanol–water partition coefficient (Wildman–Crippen LogP) is 14.4. The molecule has 0 aliphatic rings. The quantitative estimate of drug-likeness (QED) is 0.191. The first kappa shape index (κ1) is 54.7. The van der Waals surface area contributed by atoms with Crippen molar-refractivity contribution in [3.63, 3.8) is 0 Å². The van der Waals surface area contributed by atoms with Gasteiger partial charge in [-0.05, 0) is 76.9 Å². The van der Waals surface area contributed by atoms with Gasteiger partial charge in [0.1, 0.15) is 0 Å². The zero-order valence-electron chi connectivity index (χ0n) is 38.8. The highest BCUT2D eigenvalue weighted by molar-refractivity contribution is 5.79. The Morgan fingerprint density at radius 3 is 0.565 bits per heavy atom. The number of hydrogen-bond donors (Lipinski definition) is 0. The fraction of sp³-hybridized carbons (Fsp3) is 0.977. The van der Waals surface area contributed by atoms with Gasteiger partial charge >= 0.3 is 0 Å². The van der Waals surface area contributed by atoms with Gasteiger partial charge in [0.25, 0.3) is 0 Å². The van der Waals surface area contributed by atoms with Crippen molar-refractivity contribution >= 4 is 5.96 Å². The monoisotopic (exact) mass is 656 g/mol. The minimum atomic E-state index is 0.124. The summed E-state index contributed by atoms with van der Waals surface area (Å²) < 4.78 is 0. The molecule has 0 unspecified atom stereocenters. The third-order valence-electron chi connectivity index (χ3n) is 8.53. The molecule has 0 bridgehead atoms. The number of guanidine groups is 1. The van der Waals surface area contributed by atoms with E-state index in [4.69, 9.17) is 0 Å². The number of aliphatic imine (C=N–C) groups is 1. The zero-order chi connectivity index (χ0) is 39.4. The average molecular weight is 656 g/mol. The summed E-state index contributed by atoms with van der Waals surface area (Å²) >= 11 is 0. The van der Waals surface area contributed by atoms with Gasteiger partial charge in [-0.1, -0.05) is 166 Å². The summed E-state index contributed by atoms with van der Waals surface area (Å²) in [6.45, 7) is 61.2. The van der Waals surface area contributed by atoms with Crippen LogP contribution in [0.1, 0.15) is 200 Å². The molecule has 0 rings (SSSR count). The fourth-order valence-electron chi connectivity index (χ4n) is 4.13. The molecule has 0 fully saturated rings. The third-order valence-corrected chi connectivity index (χ3v) is 8.53. The Balaban J connectivity index is -0.000000154. The number of rotatable bonds is 0. The second kappa shape index (κ2) is 19.5. The van der Waals surface area contributed by atoms with Crippen LogP contribution in [0.3, 0.4) is 0 Å². The van der Waals surface area contributed by atoms with Crippen LogP contribution >= 0.6 is 0 Å². The van der Waals surface area contributed by atoms with E-state index in [-0.39, 0.29) is 5.54 Å². The highest BCUT2D eigenvalue weighted by Gasteiger charge is 2.28. The predicted molar refractivity (Wildman–Crippen MR) is 219 cm³/mol. The number of hydrogen-bond acceptors (Lipinski definition) is 1. The van der Waals surface area contributed by atoms with Gasteiger partial charge in [0.2, 0.25) is 0 Å². The molecule has 46 heavy (non-hydrogen) atoms. The summed E-state index contributed by atoms with van der Waals surface area (Å²) in [6, 6.07) is 0. The second-order valence-corrected chi connectivity index (χ2v) is 23.7. The van der Waals surface area contributed by atoms with Gasteiger partial charge in [-0.15, -0.1) is 0 Å². The van der Waals surface area contributed by atoms with Crippen LogP contribution in [-0.2, 0) is 0 Å². The molecule has 0 atom stereocenters. The molecule has 0 saturated heterocycles. The molecule has 0 N–H and O–H groups in total. The van der Waals surface area contributed by atoms with Gasteiger partial charge in [0.05, 0.1) is 0 Å². The molecule has 0 saturated carbocycles. The van der Waals surface area contributed by atoms with Crippen molar-refractivity contribution in [3.05, 3.63) is 0 Å². The van der Waals surface area contributed by atoms with Crippen LogP contribution in [0.4, 0.5) is 0 Å². The topological polar surface area (TPSA) is 18.8 Å². The van der Waals surface area contributed by atoms with Crippen molar-refractivity contribution in [1.29, 1.82) is 0 Å². The summed E-state index contributed by atoms with van der Waals surface area (Å²) in [6.07, 6.45) is 2.58. The first-order valence-corrected chi connectivity index (χ1v) is 18.1. The summed E-state index contributed by atoms with van der Waals surface area (Å²) in [7, 11) is 7.88. The lowest BCUT2D eigenvalue weighted by molar-refractivity contribution is 0.157. The van der Waals surface area contributed by atoms with Crippen molar-refractivity contribution in [2.75, 3.05) is 28.2 Å². The molecule has 0 amide bonds. The maximum atomic E-state index is 4.22. The van der Waals surface area contributed by atoms with Crippen molar-refractivity contribution in [2.45, 2.75) is 205 Å². The molecule has 0 aliphatic heterocycles. The standard InChI is InChI=1S/C9H21N3.2C9H20.2C8H18/c1-9(2,3)12(7)8(10-4)11(5)6;2*1-8(2,3)7-9(4,5)6;2*1-7(2,3)8(4,5)6/h1-7H3;2*7H2,1-6H3;2*1-6H3. The Morgan fingerprint density at radius 1 is 0.370 bits per heavy atom. The molecular weight excluding hydrogens is 558 g/mol. The lowest BCUT2D eigenvalue weighted by Gasteiger charge is -2.37. The highest BCUT2D eigenvalue weighted by Crippen LogP contribution is 2.37. The molecule has 0 heterocycles. The van der Waals surface area contributed by atoms with Crippen LogP contribution in [0.25, 0.3) is 0 Å². The minimum absolute atomic E-state index is 0.124. The Hall–Kier alpha value is -0.730. The van der Waals surface area contributed by atoms with Crippen LogP contribution in [0, 0.1) is 43.3 Å². The summed E-state index contributed by atoms with van der Waals surface area (Å²) in [4.78, 5) is 8.40. The Bertz CT molecular complexity index is 683. The summed E-state index contributed by atoms with van der Waals surface area (Å²) in [5.41, 5.74) is 3.81. The van der Waals surface area contributed by atoms with Crippen molar-refractivity contribution in [1.82, 2.24) is 9.80 Å². The van der Waals surface area contributed by atoms with E-state index in [1.54, 1.807) is 0 Å². The first-order valence-electron chi connectivity index (χ1n) is 18.1. The molecule has 0 radical (unpaired) electrons. The van der Waals surface area contributed by atoms with E-state index >= 15 is 0 Å². The normalized spacial score (nSPS) is 13.8. The summed E-state index contributed by atoms with van der Waals surface area (Å²) in [5, 5.41) is 0. The Kier molecular flexibility index (Phi) is 23.1. The van der Waals surface area contributed by atoms with E-state index in [0.717, 1.165) is 5.96 Å². The Labute approximate surface area is 297 Å². The maximum absolute atomic E-state index is 4.22. The van der Waals surface area contributed by atoms with E-state index in [1.807, 2.05) is 26.0 Å². The molecule has 0 aromatic heterocycles. The fourth-order valence-corrected chi connectivity index (χ4v) is 4.13. The molecule has 0 spiro atoms. The van der Waals surface area contributed by atoms with E-state index in [2.05, 4.69) is 204 Å². The zero-order valence-corrected chi connectivity index (χ0v) is 38.8. The van der Waals surface area contributed by atoms with Gasteiger partial charge in [-0.2, -0.15) is 0 Å². The largest absolute Gasteiger partial charge is 0.349 e. The van der Waals surface area contributed by atoms with Crippen LogP contribution in [0.15, 0.2) is 4.99 Å². The average Bonchev–Trinajstić information content (AvgIpc) is 2.60. The van der Waals surface area contributed by atoms with Crippen molar-refractivity contribution in [2.24, 2.45) is 48.3 Å². The highest BCUT2D eigenvalue weighted by atomic mass is 15.4. The molecule has 0 aliphatic carbocycles. The van der Waals surface area contributed by atoms with Crippen molar-refractivity contribution < 1.29 is 0 Å². The van der Waals surface area contributed by atoms with Gasteiger partial charge in [0, 0.05) is 33.7 Å². The molecule has 3 heteroatoms. The smallest absolute Gasteiger partial charge is 0.195 e. The minimum Gasteiger partial charge on any atom is -0.349 e. The van der Waals surface area contributed by atoms with Gasteiger partial charge in [0.15, 0.2) is 5.96 Å². The number of nitrogens with zero attached hydrogens (tertiary/aromatic N) is 3. The lowest BCUT2D eigenvalue weighted by atomic mass is 9.71. The van der Waals surface area contributed by atoms with Crippen molar-refractivity contribution in [3.8, 4) is 0 Å². The second-order valence-electron chi connectivity index (χ2n) is 23.7. The van der Waals surface area contributed by atoms with E-state index in [0.29, 0.717) is 43.3 Å². The van der Waals surface area contributed by atoms with Crippen LogP contribution in [-0.4, -0.2) is 49.5 Å². The van der Waals surface area contributed by atoms with Gasteiger partial charge in [-0.25, -0.2) is 0 Å². The van der Waals surface area contributed by atoms with Crippen LogP contribution in [0.2, 0.25) is 0 Å². The van der Waals surface area contributed by atoms with Gasteiger partial charge in [-0.3, -0.25) is 4.99 Å². The van der Waals surface area contributed by atoms with Crippen LogP contribution in [0.5, 0.6) is 0 Å². The van der Waals surface area contributed by atoms with E-state index in [1.165, 1.54) is 12.8 Å². The third kappa shape index (κ3) is 37.7. The first-order chi connectivity index (χ1) is 19.2. The maximum Gasteiger partial charge on any atom is 0.195 e. The van der Waals surface area contributed by atoms with E-state index < -0.39 is 0 Å². The molecular formula is C43H97N3. The SMILES string of the molecule is CC(C)(C)C(C)(C)C.CC(C)(C)C(C)(C)C.CC(C)(C)CC(C)(C)C.CC(C)(C)CC(C)(C)C.CN=C(N(C)C)N(C)C(C)(C)C. The van der Waals surface area contributed by atoms with Crippen LogP contribution < -0.4 is 0 Å². The molecule has 0 aromatic carbocycles. The Morgan fingerprint density at radius 2 is 0.543 bits per heavy atom. The summed E-state index contributed by atoms with van der Waals surface area (Å²) in [5.74, 6) is 1.00. The molecule has 0 aromatic rings. The van der Waals surface area contributed by atoms with Gasteiger partial charge < -0.3 is 9.80 Å². The van der Waals surface area contributed by atoms with E-state index in [9.17, 15) is 0 Å². The molecule has 3 nitrogen and oxygen atoms in total.